The zero-order chi connectivity index (χ0) is 20.0. The molecule has 0 unspecified atom stereocenters. The fraction of sp³-hybridized carbons (Fsp3) is 0.778. The number of rotatable bonds is 15. The van der Waals surface area contributed by atoms with Gasteiger partial charge in [0.2, 0.25) is 5.91 Å². The van der Waals surface area contributed by atoms with Crippen LogP contribution in [0.15, 0.2) is 12.5 Å². The van der Waals surface area contributed by atoms with E-state index in [9.17, 15) is 9.59 Å². The molecule has 2 aliphatic heterocycles. The first kappa shape index (κ1) is 22.8. The molecule has 10 heteroatoms. The first-order valence-electron chi connectivity index (χ1n) is 9.81. The molecule has 3 amide bonds. The van der Waals surface area contributed by atoms with Gasteiger partial charge in [-0.15, -0.1) is 0 Å². The Balaban J connectivity index is 1.39. The smallest absolute Gasteiger partial charge is 0.315 e. The van der Waals surface area contributed by atoms with Crippen LogP contribution in [0, 0.1) is 0 Å². The number of ether oxygens (including phenoxy) is 3. The van der Waals surface area contributed by atoms with Crippen molar-refractivity contribution in [1.82, 2.24) is 16.0 Å². The maximum absolute atomic E-state index is 11.8. The van der Waals surface area contributed by atoms with Crippen molar-refractivity contribution < 1.29 is 23.8 Å². The molecule has 0 aromatic rings. The lowest BCUT2D eigenvalue weighted by Crippen LogP contribution is -2.36. The van der Waals surface area contributed by atoms with Crippen LogP contribution in [0.3, 0.4) is 0 Å². The molecule has 0 saturated carbocycles. The number of hydrogen-bond acceptors (Lipinski definition) is 7. The van der Waals surface area contributed by atoms with E-state index < -0.39 is 0 Å². The van der Waals surface area contributed by atoms with Crippen molar-refractivity contribution in [3.63, 3.8) is 0 Å². The molecule has 0 aromatic carbocycles. The normalized spacial score (nSPS) is 23.5. The van der Waals surface area contributed by atoms with Crippen molar-refractivity contribution in [3.8, 4) is 0 Å². The highest BCUT2D eigenvalue weighted by molar-refractivity contribution is 8.00. The molecule has 160 valence electrons. The topological polar surface area (TPSA) is 124 Å². The number of carbonyl (C=O) groups is 2. The van der Waals surface area contributed by atoms with Crippen molar-refractivity contribution in [2.45, 2.75) is 43.0 Å². The third-order valence-electron chi connectivity index (χ3n) is 4.47. The fourth-order valence-corrected chi connectivity index (χ4v) is 4.65. The van der Waals surface area contributed by atoms with Crippen molar-refractivity contribution in [1.29, 1.82) is 0 Å². The van der Waals surface area contributed by atoms with Gasteiger partial charge in [0, 0.05) is 30.2 Å². The maximum atomic E-state index is 11.8. The Morgan fingerprint density at radius 3 is 2.79 bits per heavy atom. The third kappa shape index (κ3) is 8.68. The molecule has 2 aliphatic rings. The Hall–Kier alpha value is -1.49. The molecule has 0 aliphatic carbocycles. The maximum Gasteiger partial charge on any atom is 0.315 e. The SMILES string of the molecule is NCCOCCOCCOC=CNC(=O)CCCC[C@@H]1SC[C@@H]2NC(=O)N[C@@H]21. The number of thioether (sulfide) groups is 1. The molecule has 5 N–H and O–H groups in total. The fourth-order valence-electron chi connectivity index (χ4n) is 3.10. The molecule has 2 saturated heterocycles. The van der Waals surface area contributed by atoms with Gasteiger partial charge in [0.05, 0.1) is 44.8 Å². The minimum absolute atomic E-state index is 0.0269. The molecule has 9 nitrogen and oxygen atoms in total. The number of unbranched alkanes of at least 4 members (excludes halogenated alkanes) is 1. The molecule has 2 fully saturated rings. The number of fused-ring (bicyclic) bond motifs is 1. The van der Waals surface area contributed by atoms with Crippen molar-refractivity contribution in [2.75, 3.05) is 45.3 Å². The van der Waals surface area contributed by atoms with Gasteiger partial charge in [-0.25, -0.2) is 4.79 Å². The van der Waals surface area contributed by atoms with Gasteiger partial charge in [-0.05, 0) is 12.8 Å². The van der Waals surface area contributed by atoms with Crippen molar-refractivity contribution in [3.05, 3.63) is 12.5 Å². The Morgan fingerprint density at radius 1 is 1.18 bits per heavy atom. The molecule has 0 radical (unpaired) electrons. The predicted octanol–water partition coefficient (Wildman–Crippen LogP) is 0.308. The Labute approximate surface area is 170 Å². The summed E-state index contributed by atoms with van der Waals surface area (Å²) in [6.07, 6.45) is 6.25. The van der Waals surface area contributed by atoms with E-state index in [0.717, 1.165) is 25.0 Å². The molecule has 3 atom stereocenters. The summed E-state index contributed by atoms with van der Waals surface area (Å²) in [5.41, 5.74) is 5.30. The van der Waals surface area contributed by atoms with E-state index in [1.807, 2.05) is 11.8 Å². The van der Waals surface area contributed by atoms with Crippen LogP contribution in [0.5, 0.6) is 0 Å². The summed E-state index contributed by atoms with van der Waals surface area (Å²) in [5.74, 6) is 0.938. The molecular formula is C18H32N4O5S. The summed E-state index contributed by atoms with van der Waals surface area (Å²) < 4.78 is 15.7. The number of nitrogens with one attached hydrogen (secondary N) is 3. The van der Waals surface area contributed by atoms with Gasteiger partial charge in [0.25, 0.3) is 0 Å². The van der Waals surface area contributed by atoms with Crippen LogP contribution in [-0.4, -0.2) is 74.6 Å². The standard InChI is InChI=1S/C18H32N4O5S/c19-5-7-25-9-11-27-12-10-26-8-6-20-16(23)4-2-1-3-15-17-14(13-28-15)21-18(24)22-17/h6,8,14-15,17H,1-5,7,9-13,19H2,(H,20,23)(H2,21,22,24)/t14-,15-,17-/m0/s1. The van der Waals surface area contributed by atoms with E-state index in [4.69, 9.17) is 19.9 Å². The summed E-state index contributed by atoms with van der Waals surface area (Å²) in [6, 6.07) is 0.427. The van der Waals surface area contributed by atoms with Crippen LogP contribution in [0.1, 0.15) is 25.7 Å². The number of amides is 3. The second kappa shape index (κ2) is 13.6. The monoisotopic (exact) mass is 416 g/mol. The van der Waals surface area contributed by atoms with Crippen LogP contribution in [-0.2, 0) is 19.0 Å². The van der Waals surface area contributed by atoms with E-state index in [0.29, 0.717) is 51.2 Å². The first-order valence-corrected chi connectivity index (χ1v) is 10.9. The Kier molecular flexibility index (Phi) is 11.1. The predicted molar refractivity (Wildman–Crippen MR) is 108 cm³/mol. The average Bonchev–Trinajstić information content (AvgIpc) is 3.22. The van der Waals surface area contributed by atoms with Crippen molar-refractivity contribution >= 4 is 23.7 Å². The first-order chi connectivity index (χ1) is 13.7. The molecule has 28 heavy (non-hydrogen) atoms. The lowest BCUT2D eigenvalue weighted by Gasteiger charge is -2.16. The lowest BCUT2D eigenvalue weighted by atomic mass is 10.0. The molecule has 0 spiro atoms. The van der Waals surface area contributed by atoms with E-state index in [-0.39, 0.29) is 24.0 Å². The number of urea groups is 1. The minimum atomic E-state index is -0.0585. The van der Waals surface area contributed by atoms with Gasteiger partial charge in [0.15, 0.2) is 0 Å². The second-order valence-corrected chi connectivity index (χ2v) is 7.89. The summed E-state index contributed by atoms with van der Waals surface area (Å²) in [6.45, 7) is 2.95. The van der Waals surface area contributed by atoms with Crippen LogP contribution in [0.4, 0.5) is 4.79 Å². The molecular weight excluding hydrogens is 384 g/mol. The third-order valence-corrected chi connectivity index (χ3v) is 5.98. The summed E-state index contributed by atoms with van der Waals surface area (Å²) in [7, 11) is 0. The molecule has 2 heterocycles. The molecule has 2 rings (SSSR count). The van der Waals surface area contributed by atoms with Crippen LogP contribution < -0.4 is 21.7 Å². The van der Waals surface area contributed by atoms with Gasteiger partial charge in [-0.1, -0.05) is 6.42 Å². The largest absolute Gasteiger partial charge is 0.497 e. The van der Waals surface area contributed by atoms with Crippen LogP contribution >= 0.6 is 11.8 Å². The lowest BCUT2D eigenvalue weighted by molar-refractivity contribution is -0.120. The van der Waals surface area contributed by atoms with Gasteiger partial charge < -0.3 is 35.9 Å². The number of carbonyl (C=O) groups excluding carboxylic acids is 2. The Morgan fingerprint density at radius 2 is 1.96 bits per heavy atom. The Bertz CT molecular complexity index is 508. The van der Waals surface area contributed by atoms with E-state index in [1.165, 1.54) is 12.5 Å². The number of hydrogen-bond donors (Lipinski definition) is 4. The van der Waals surface area contributed by atoms with Crippen LogP contribution in [0.2, 0.25) is 0 Å². The van der Waals surface area contributed by atoms with Gasteiger partial charge in [-0.3, -0.25) is 4.79 Å². The van der Waals surface area contributed by atoms with Crippen LogP contribution in [0.25, 0.3) is 0 Å². The highest BCUT2D eigenvalue weighted by Gasteiger charge is 2.42. The number of nitrogens with two attached hydrogens (primary N) is 1. The zero-order valence-electron chi connectivity index (χ0n) is 16.2. The highest BCUT2D eigenvalue weighted by Crippen LogP contribution is 2.33. The summed E-state index contributed by atoms with van der Waals surface area (Å²) in [4.78, 5) is 23.1. The highest BCUT2D eigenvalue weighted by atomic mass is 32.2. The second-order valence-electron chi connectivity index (χ2n) is 6.62. The quantitative estimate of drug-likeness (QED) is 0.172. The van der Waals surface area contributed by atoms with E-state index in [2.05, 4.69) is 16.0 Å². The van der Waals surface area contributed by atoms with Crippen molar-refractivity contribution in [2.24, 2.45) is 5.73 Å². The summed E-state index contributed by atoms with van der Waals surface area (Å²) in [5, 5.41) is 9.05. The van der Waals surface area contributed by atoms with E-state index in [1.54, 1.807) is 0 Å². The minimum Gasteiger partial charge on any atom is -0.497 e. The zero-order valence-corrected chi connectivity index (χ0v) is 17.0. The summed E-state index contributed by atoms with van der Waals surface area (Å²) >= 11 is 1.90. The molecule has 0 aromatic heterocycles. The van der Waals surface area contributed by atoms with Gasteiger partial charge in [-0.2, -0.15) is 11.8 Å². The van der Waals surface area contributed by atoms with Gasteiger partial charge >= 0.3 is 6.03 Å². The average molecular weight is 417 g/mol. The van der Waals surface area contributed by atoms with E-state index >= 15 is 0 Å². The molecule has 0 bridgehead atoms. The van der Waals surface area contributed by atoms with Gasteiger partial charge in [0.1, 0.15) is 6.61 Å².